The van der Waals surface area contributed by atoms with Crippen LogP contribution in [0.1, 0.15) is 45.1 Å². The summed E-state index contributed by atoms with van der Waals surface area (Å²) in [5, 5.41) is 1.34. The second kappa shape index (κ2) is 11.1. The zero-order valence-corrected chi connectivity index (χ0v) is 24.5. The lowest BCUT2D eigenvalue weighted by atomic mass is 9.78. The Hall–Kier alpha value is -1.40. The second-order valence-electron chi connectivity index (χ2n) is 9.74. The first-order chi connectivity index (χ1) is 16.0. The van der Waals surface area contributed by atoms with Gasteiger partial charge in [-0.1, -0.05) is 45.2 Å². The van der Waals surface area contributed by atoms with Crippen LogP contribution < -0.4 is 0 Å². The van der Waals surface area contributed by atoms with E-state index in [-0.39, 0.29) is 30.2 Å². The fourth-order valence-corrected chi connectivity index (χ4v) is 7.00. The molecule has 2 aromatic rings. The third-order valence-electron chi connectivity index (χ3n) is 5.84. The van der Waals surface area contributed by atoms with E-state index in [1.165, 1.54) is 0 Å². The fraction of sp³-hybridized carbons (Fsp3) is 0.609. The Bertz CT molecular complexity index is 1030. The molecule has 7 nitrogen and oxygen atoms in total. The Morgan fingerprint density at radius 2 is 2.18 bits per heavy atom. The second-order valence-corrected chi connectivity index (χ2v) is 14.6. The quantitative estimate of drug-likeness (QED) is 0.178. The maximum absolute atomic E-state index is 13.4. The van der Waals surface area contributed by atoms with Gasteiger partial charge < -0.3 is 13.9 Å². The van der Waals surface area contributed by atoms with Crippen LogP contribution in [-0.4, -0.2) is 59.6 Å². The molecule has 1 fully saturated rings. The first kappa shape index (κ1) is 27.2. The minimum Gasteiger partial charge on any atom is -0.476 e. The Morgan fingerprint density at radius 3 is 2.74 bits per heavy atom. The predicted molar refractivity (Wildman–Crippen MR) is 145 cm³/mol. The fourth-order valence-electron chi connectivity index (χ4n) is 4.39. The number of carbonyl (C=O) groups excluding carboxylic acids is 1. The van der Waals surface area contributed by atoms with E-state index in [1.54, 1.807) is 41.0 Å². The summed E-state index contributed by atoms with van der Waals surface area (Å²) in [4.78, 5) is 21.6. The Balaban J connectivity index is 2.10. The van der Waals surface area contributed by atoms with Gasteiger partial charge >= 0.3 is 6.09 Å². The molecule has 0 aliphatic carbocycles. The molecule has 3 rings (SSSR count). The number of ether oxygens (including phenoxy) is 2. The smallest absolute Gasteiger partial charge is 0.412 e. The summed E-state index contributed by atoms with van der Waals surface area (Å²) in [6.07, 6.45) is 6.95. The lowest BCUT2D eigenvalue weighted by molar-refractivity contribution is -0.0271. The van der Waals surface area contributed by atoms with Crippen molar-refractivity contribution in [1.29, 1.82) is 0 Å². The van der Waals surface area contributed by atoms with E-state index in [4.69, 9.17) is 26.1 Å². The molecule has 0 spiro atoms. The van der Waals surface area contributed by atoms with Crippen molar-refractivity contribution in [1.82, 2.24) is 14.3 Å². The number of imidazole rings is 1. The molecule has 3 heterocycles. The largest absolute Gasteiger partial charge is 0.476 e. The highest BCUT2D eigenvalue weighted by Gasteiger charge is 2.53. The summed E-state index contributed by atoms with van der Waals surface area (Å²) in [5.74, 6) is 0.106. The van der Waals surface area contributed by atoms with Gasteiger partial charge in [-0.25, -0.2) is 9.78 Å². The molecule has 0 aromatic carbocycles. The van der Waals surface area contributed by atoms with Crippen LogP contribution in [0.15, 0.2) is 30.2 Å². The molecule has 1 aliphatic rings. The number of thiocarbonyl (C=S) groups is 1. The van der Waals surface area contributed by atoms with E-state index in [0.717, 1.165) is 14.9 Å². The van der Waals surface area contributed by atoms with E-state index in [0.29, 0.717) is 11.5 Å². The molecule has 0 saturated carbocycles. The molecule has 188 valence electrons. The van der Waals surface area contributed by atoms with Gasteiger partial charge in [0, 0.05) is 19.0 Å². The highest BCUT2D eigenvalue weighted by Crippen LogP contribution is 2.48. The van der Waals surface area contributed by atoms with Crippen molar-refractivity contribution in [2.45, 2.75) is 70.7 Å². The zero-order chi connectivity index (χ0) is 25.2. The molecule has 11 heteroatoms. The zero-order valence-electron chi connectivity index (χ0n) is 20.9. The number of carbonyl (C=O) groups is 1. The van der Waals surface area contributed by atoms with Crippen molar-refractivity contribution in [3.63, 3.8) is 0 Å². The van der Waals surface area contributed by atoms with Crippen molar-refractivity contribution < 1.29 is 18.7 Å². The van der Waals surface area contributed by atoms with E-state index >= 15 is 0 Å². The van der Waals surface area contributed by atoms with Crippen molar-refractivity contribution >= 4 is 60.3 Å². The SMILES string of the molecule is C=CCOC(=O)N1C(O[SiH](C)C)[C@@H](C(C)(C)C)C[C@H]1C(OC(C)=S)c1cn2c(SC)ncc2s1. The maximum Gasteiger partial charge on any atom is 0.412 e. The third kappa shape index (κ3) is 5.87. The average Bonchev–Trinajstić information content (AvgIpc) is 3.41. The number of hydrogen-bond acceptors (Lipinski definition) is 8. The summed E-state index contributed by atoms with van der Waals surface area (Å²) in [5.41, 5.74) is -0.0879. The number of fused-ring (bicyclic) bond motifs is 1. The Labute approximate surface area is 217 Å². The molecule has 2 aromatic heterocycles. The number of rotatable bonds is 8. The number of nitrogens with zero attached hydrogens (tertiary/aromatic N) is 3. The van der Waals surface area contributed by atoms with Crippen LogP contribution in [0.25, 0.3) is 4.83 Å². The van der Waals surface area contributed by atoms with Gasteiger partial charge in [0.05, 0.1) is 17.1 Å². The number of thioether (sulfide) groups is 1. The third-order valence-corrected chi connectivity index (χ3v) is 8.51. The minimum atomic E-state index is -1.48. The highest BCUT2D eigenvalue weighted by atomic mass is 32.2. The van der Waals surface area contributed by atoms with Gasteiger partial charge in [-0.05, 0) is 43.4 Å². The molecule has 1 amide bonds. The highest BCUT2D eigenvalue weighted by molar-refractivity contribution is 7.98. The summed E-state index contributed by atoms with van der Waals surface area (Å²) in [6, 6.07) is -0.300. The van der Waals surface area contributed by atoms with E-state index in [2.05, 4.69) is 49.8 Å². The van der Waals surface area contributed by atoms with Gasteiger partial charge in [0.2, 0.25) is 0 Å². The maximum atomic E-state index is 13.4. The van der Waals surface area contributed by atoms with Crippen LogP contribution in [0.2, 0.25) is 13.1 Å². The van der Waals surface area contributed by atoms with Gasteiger partial charge in [-0.15, -0.1) is 11.3 Å². The lowest BCUT2D eigenvalue weighted by Gasteiger charge is -2.37. The molecule has 0 bridgehead atoms. The Kier molecular flexibility index (Phi) is 8.89. The molecule has 34 heavy (non-hydrogen) atoms. The van der Waals surface area contributed by atoms with Gasteiger partial charge in [-0.3, -0.25) is 9.30 Å². The number of hydrogen-bond donors (Lipinski definition) is 0. The van der Waals surface area contributed by atoms with Gasteiger partial charge in [0.25, 0.3) is 0 Å². The van der Waals surface area contributed by atoms with Crippen molar-refractivity contribution in [3.8, 4) is 0 Å². The minimum absolute atomic E-state index is 0.0879. The first-order valence-corrected chi connectivity index (χ1v) is 16.6. The van der Waals surface area contributed by atoms with E-state index in [9.17, 15) is 4.79 Å². The number of amides is 1. The van der Waals surface area contributed by atoms with Crippen LogP contribution in [0.3, 0.4) is 0 Å². The van der Waals surface area contributed by atoms with Gasteiger partial charge in [-0.2, -0.15) is 0 Å². The van der Waals surface area contributed by atoms with Crippen LogP contribution in [-0.2, 0) is 13.9 Å². The molecular formula is C23H35N3O4S3Si. The number of thiazole rings is 1. The summed E-state index contributed by atoms with van der Waals surface area (Å²) < 4.78 is 20.4. The standard InChI is InChI=1S/C23H35N3O4S3Si/c1-9-10-28-22(27)26-16(11-15(23(3,4)5)20(26)30-34(7)8)19(29-14(2)31)17-13-25-18(33-17)12-24-21(25)32-6/h9,12-13,15-16,19-20,34H,1,10-11H2,2-8H3/t15-,16-,19?,20?/m0/s1. The molecule has 4 atom stereocenters. The monoisotopic (exact) mass is 541 g/mol. The van der Waals surface area contributed by atoms with Crippen LogP contribution in [0, 0.1) is 11.3 Å². The summed E-state index contributed by atoms with van der Waals surface area (Å²) in [6.45, 7) is 16.4. The lowest BCUT2D eigenvalue weighted by Crippen LogP contribution is -2.49. The van der Waals surface area contributed by atoms with E-state index < -0.39 is 21.2 Å². The van der Waals surface area contributed by atoms with Crippen molar-refractivity contribution in [2.24, 2.45) is 11.3 Å². The first-order valence-electron chi connectivity index (χ1n) is 11.4. The summed E-state index contributed by atoms with van der Waals surface area (Å²) in [7, 11) is -1.48. The molecule has 0 N–H and O–H groups in total. The summed E-state index contributed by atoms with van der Waals surface area (Å²) >= 11 is 8.57. The topological polar surface area (TPSA) is 65.3 Å². The van der Waals surface area contributed by atoms with Crippen LogP contribution in [0.4, 0.5) is 4.79 Å². The average molecular weight is 542 g/mol. The van der Waals surface area contributed by atoms with Crippen molar-refractivity contribution in [2.75, 3.05) is 12.9 Å². The molecular weight excluding hydrogens is 507 g/mol. The number of aromatic nitrogens is 2. The molecule has 2 unspecified atom stereocenters. The molecule has 1 saturated heterocycles. The van der Waals surface area contributed by atoms with E-state index in [1.807, 2.05) is 18.6 Å². The predicted octanol–water partition coefficient (Wildman–Crippen LogP) is 5.91. The number of likely N-dealkylation sites (tertiary alicyclic amines) is 1. The normalized spacial score (nSPS) is 21.8. The van der Waals surface area contributed by atoms with Gasteiger partial charge in [0.15, 0.2) is 25.4 Å². The van der Waals surface area contributed by atoms with Gasteiger partial charge in [0.1, 0.15) is 17.7 Å². The van der Waals surface area contributed by atoms with Crippen LogP contribution >= 0.6 is 35.3 Å². The van der Waals surface area contributed by atoms with Crippen LogP contribution in [0.5, 0.6) is 0 Å². The molecule has 1 aliphatic heterocycles. The van der Waals surface area contributed by atoms with Crippen molar-refractivity contribution in [3.05, 3.63) is 29.9 Å². The Morgan fingerprint density at radius 1 is 1.47 bits per heavy atom. The molecule has 0 radical (unpaired) electrons.